The van der Waals surface area contributed by atoms with Crippen LogP contribution in [0, 0.1) is 22.2 Å². The minimum absolute atomic E-state index is 0.123. The summed E-state index contributed by atoms with van der Waals surface area (Å²) in [7, 11) is 0. The zero-order valence-electron chi connectivity index (χ0n) is 17.1. The van der Waals surface area contributed by atoms with Crippen molar-refractivity contribution >= 4 is 5.91 Å². The predicted octanol–water partition coefficient (Wildman–Crippen LogP) is 4.03. The van der Waals surface area contributed by atoms with Gasteiger partial charge in [0.2, 0.25) is 5.91 Å². The predicted molar refractivity (Wildman–Crippen MR) is 108 cm³/mol. The summed E-state index contributed by atoms with van der Waals surface area (Å²) in [6.45, 7) is 8.98. The van der Waals surface area contributed by atoms with E-state index >= 15 is 0 Å². The van der Waals surface area contributed by atoms with Crippen LogP contribution in [0.3, 0.4) is 0 Å². The fraction of sp³-hybridized carbons (Fsp3) is 0.708. The maximum absolute atomic E-state index is 13.8. The molecule has 3 heteroatoms. The molecule has 5 fully saturated rings. The summed E-state index contributed by atoms with van der Waals surface area (Å²) in [5.74, 6) is 1.08. The fourth-order valence-electron chi connectivity index (χ4n) is 7.69. The highest BCUT2D eigenvalue weighted by Crippen LogP contribution is 2.76. The zero-order chi connectivity index (χ0) is 18.9. The monoisotopic (exact) mass is 366 g/mol. The van der Waals surface area contributed by atoms with Gasteiger partial charge in [-0.2, -0.15) is 0 Å². The first-order valence-electron chi connectivity index (χ1n) is 10.9. The Balaban J connectivity index is 1.46. The summed E-state index contributed by atoms with van der Waals surface area (Å²) in [6.07, 6.45) is 6.90. The maximum Gasteiger partial charge on any atom is 0.227 e. The van der Waals surface area contributed by atoms with E-state index in [1.807, 2.05) is 0 Å². The van der Waals surface area contributed by atoms with Gasteiger partial charge < -0.3 is 10.6 Å². The van der Waals surface area contributed by atoms with E-state index in [9.17, 15) is 4.79 Å². The van der Waals surface area contributed by atoms with E-state index in [2.05, 4.69) is 61.7 Å². The Morgan fingerprint density at radius 2 is 1.85 bits per heavy atom. The molecule has 3 nitrogen and oxygen atoms in total. The molecule has 1 heterocycles. The SMILES string of the molecule is CC1(C)CNCCC1NC(=O)C12CC3C[C@](c4ccccc4)(C1)C[C@@]2(C)C3. The molecule has 5 aliphatic rings. The van der Waals surface area contributed by atoms with Crippen molar-refractivity contribution in [2.24, 2.45) is 22.2 Å². The Hall–Kier alpha value is -1.35. The van der Waals surface area contributed by atoms with Gasteiger partial charge in [-0.15, -0.1) is 0 Å². The van der Waals surface area contributed by atoms with Crippen molar-refractivity contribution in [2.75, 3.05) is 13.1 Å². The maximum atomic E-state index is 13.8. The summed E-state index contributed by atoms with van der Waals surface area (Å²) >= 11 is 0. The number of piperidine rings is 1. The first kappa shape index (κ1) is 17.7. The van der Waals surface area contributed by atoms with Gasteiger partial charge in [0.25, 0.3) is 0 Å². The third kappa shape index (κ3) is 2.40. The Labute approximate surface area is 163 Å². The van der Waals surface area contributed by atoms with Gasteiger partial charge in [0.15, 0.2) is 0 Å². The van der Waals surface area contributed by atoms with Crippen LogP contribution in [0.25, 0.3) is 0 Å². The number of hydrogen-bond donors (Lipinski definition) is 2. The molecular formula is C24H34N2O. The van der Waals surface area contributed by atoms with Crippen LogP contribution in [0.5, 0.6) is 0 Å². The molecule has 1 aromatic carbocycles. The third-order valence-corrected chi connectivity index (χ3v) is 8.84. The largest absolute Gasteiger partial charge is 0.352 e. The van der Waals surface area contributed by atoms with E-state index in [0.29, 0.717) is 11.8 Å². The minimum atomic E-state index is -0.160. The minimum Gasteiger partial charge on any atom is -0.352 e. The number of rotatable bonds is 3. The second-order valence-corrected chi connectivity index (χ2v) is 11.1. The Kier molecular flexibility index (Phi) is 3.67. The topological polar surface area (TPSA) is 41.1 Å². The Bertz CT molecular complexity index is 759. The Morgan fingerprint density at radius 1 is 1.07 bits per heavy atom. The lowest BCUT2D eigenvalue weighted by Gasteiger charge is -2.44. The van der Waals surface area contributed by atoms with Crippen molar-refractivity contribution in [1.29, 1.82) is 0 Å². The number of carbonyl (C=O) groups is 1. The highest BCUT2D eigenvalue weighted by Gasteiger charge is 2.72. The second kappa shape index (κ2) is 5.59. The molecule has 1 amide bonds. The zero-order valence-corrected chi connectivity index (χ0v) is 17.1. The standard InChI is InChI=1S/C24H34N2O/c1-21(2)16-25-10-9-19(21)26-20(27)24-13-17-11-22(24,3)14-23(12-17,15-24)18-7-5-4-6-8-18/h4-8,17,19,25H,9-16H2,1-3H3,(H,26,27)/t17?,19?,22-,23-,24?/m1/s1. The van der Waals surface area contributed by atoms with E-state index in [-0.39, 0.29) is 27.7 Å². The molecule has 5 atom stereocenters. The molecule has 146 valence electrons. The number of benzene rings is 1. The van der Waals surface area contributed by atoms with E-state index in [1.165, 1.54) is 24.8 Å². The van der Waals surface area contributed by atoms with E-state index in [4.69, 9.17) is 0 Å². The van der Waals surface area contributed by atoms with Crippen molar-refractivity contribution in [3.63, 3.8) is 0 Å². The van der Waals surface area contributed by atoms with Crippen LogP contribution >= 0.6 is 0 Å². The average Bonchev–Trinajstić information content (AvgIpc) is 2.94. The molecule has 0 radical (unpaired) electrons. The lowest BCUT2D eigenvalue weighted by molar-refractivity contribution is -0.137. The number of hydrogen-bond acceptors (Lipinski definition) is 2. The van der Waals surface area contributed by atoms with Gasteiger partial charge in [0, 0.05) is 12.6 Å². The van der Waals surface area contributed by atoms with E-state index in [1.54, 1.807) is 0 Å². The summed E-state index contributed by atoms with van der Waals surface area (Å²) in [5, 5.41) is 7.06. The summed E-state index contributed by atoms with van der Waals surface area (Å²) in [4.78, 5) is 13.8. The molecule has 4 saturated carbocycles. The number of nitrogens with one attached hydrogen (secondary N) is 2. The molecular weight excluding hydrogens is 332 g/mol. The molecule has 1 saturated heterocycles. The summed E-state index contributed by atoms with van der Waals surface area (Å²) in [6, 6.07) is 11.3. The highest BCUT2D eigenvalue weighted by molar-refractivity contribution is 5.86. The van der Waals surface area contributed by atoms with Gasteiger partial charge >= 0.3 is 0 Å². The van der Waals surface area contributed by atoms with Crippen LogP contribution in [-0.2, 0) is 10.2 Å². The summed E-state index contributed by atoms with van der Waals surface area (Å²) in [5.41, 5.74) is 1.81. The van der Waals surface area contributed by atoms with Crippen molar-refractivity contribution in [3.8, 4) is 0 Å². The summed E-state index contributed by atoms with van der Waals surface area (Å²) < 4.78 is 0. The Morgan fingerprint density at radius 3 is 2.59 bits per heavy atom. The molecule has 4 bridgehead atoms. The molecule has 0 aromatic heterocycles. The third-order valence-electron chi connectivity index (χ3n) is 8.84. The van der Waals surface area contributed by atoms with Gasteiger partial charge in [0.1, 0.15) is 0 Å². The molecule has 27 heavy (non-hydrogen) atoms. The lowest BCUT2D eigenvalue weighted by Crippen LogP contribution is -2.58. The van der Waals surface area contributed by atoms with Crippen LogP contribution in [0.15, 0.2) is 30.3 Å². The van der Waals surface area contributed by atoms with Crippen molar-refractivity contribution < 1.29 is 4.79 Å². The van der Waals surface area contributed by atoms with Crippen molar-refractivity contribution in [2.45, 2.75) is 70.8 Å². The first-order valence-corrected chi connectivity index (χ1v) is 10.9. The van der Waals surface area contributed by atoms with Gasteiger partial charge in [-0.1, -0.05) is 51.1 Å². The van der Waals surface area contributed by atoms with Gasteiger partial charge in [-0.05, 0) is 72.8 Å². The lowest BCUT2D eigenvalue weighted by atomic mass is 9.63. The molecule has 0 spiro atoms. The molecule has 3 unspecified atom stereocenters. The van der Waals surface area contributed by atoms with Gasteiger partial charge in [-0.25, -0.2) is 0 Å². The number of amides is 1. The highest BCUT2D eigenvalue weighted by atomic mass is 16.2. The van der Waals surface area contributed by atoms with Crippen molar-refractivity contribution in [3.05, 3.63) is 35.9 Å². The smallest absolute Gasteiger partial charge is 0.227 e. The molecule has 1 aromatic rings. The molecule has 1 aliphatic heterocycles. The molecule has 2 N–H and O–H groups in total. The molecule has 4 aliphatic carbocycles. The molecule has 6 rings (SSSR count). The van der Waals surface area contributed by atoms with Gasteiger partial charge in [0.05, 0.1) is 5.41 Å². The average molecular weight is 367 g/mol. The fourth-order valence-corrected chi connectivity index (χ4v) is 7.69. The van der Waals surface area contributed by atoms with E-state index in [0.717, 1.165) is 32.4 Å². The van der Waals surface area contributed by atoms with Crippen LogP contribution in [0.1, 0.15) is 64.9 Å². The van der Waals surface area contributed by atoms with E-state index < -0.39 is 0 Å². The quantitative estimate of drug-likeness (QED) is 0.848. The van der Waals surface area contributed by atoms with Crippen LogP contribution in [-0.4, -0.2) is 25.0 Å². The van der Waals surface area contributed by atoms with Crippen LogP contribution < -0.4 is 10.6 Å². The van der Waals surface area contributed by atoms with Gasteiger partial charge in [-0.3, -0.25) is 4.79 Å². The van der Waals surface area contributed by atoms with Crippen LogP contribution in [0.2, 0.25) is 0 Å². The van der Waals surface area contributed by atoms with Crippen LogP contribution in [0.4, 0.5) is 0 Å². The first-order chi connectivity index (χ1) is 12.8. The normalized spacial score (nSPS) is 44.4. The van der Waals surface area contributed by atoms with Crippen molar-refractivity contribution in [1.82, 2.24) is 10.6 Å². The second-order valence-electron chi connectivity index (χ2n) is 11.1. The number of carbonyl (C=O) groups excluding carboxylic acids is 1.